The van der Waals surface area contributed by atoms with E-state index in [1.54, 1.807) is 4.68 Å². The third-order valence-electron chi connectivity index (χ3n) is 3.91. The molecule has 1 fully saturated rings. The summed E-state index contributed by atoms with van der Waals surface area (Å²) >= 11 is 0. The van der Waals surface area contributed by atoms with Gasteiger partial charge in [-0.3, -0.25) is 4.68 Å². The fraction of sp³-hybridized carbons (Fsp3) is 0.750. The molecule has 1 unspecified atom stereocenters. The van der Waals surface area contributed by atoms with Crippen molar-refractivity contribution in [2.24, 2.45) is 12.5 Å². The van der Waals surface area contributed by atoms with Crippen LogP contribution in [0.3, 0.4) is 0 Å². The molecule has 84 valence electrons. The van der Waals surface area contributed by atoms with E-state index in [-0.39, 0.29) is 5.41 Å². The monoisotopic (exact) mass is 208 g/mol. The first-order chi connectivity index (χ1) is 6.93. The zero-order valence-electron chi connectivity index (χ0n) is 9.82. The van der Waals surface area contributed by atoms with Crippen LogP contribution in [-0.4, -0.2) is 20.5 Å². The summed E-state index contributed by atoms with van der Waals surface area (Å²) in [5.74, 6) is 0. The summed E-state index contributed by atoms with van der Waals surface area (Å²) in [4.78, 5) is 0. The van der Waals surface area contributed by atoms with Crippen LogP contribution in [0.4, 0.5) is 0 Å². The fourth-order valence-electron chi connectivity index (χ4n) is 2.62. The molecule has 3 heteroatoms. The van der Waals surface area contributed by atoms with Gasteiger partial charge in [-0.25, -0.2) is 0 Å². The lowest BCUT2D eigenvalue weighted by Crippen LogP contribution is -2.41. The van der Waals surface area contributed by atoms with E-state index in [1.165, 1.54) is 0 Å². The number of aryl methyl sites for hydroxylation is 1. The van der Waals surface area contributed by atoms with E-state index in [0.717, 1.165) is 31.2 Å². The van der Waals surface area contributed by atoms with Crippen molar-refractivity contribution in [2.45, 2.75) is 45.1 Å². The highest BCUT2D eigenvalue weighted by Crippen LogP contribution is 2.47. The van der Waals surface area contributed by atoms with Crippen molar-refractivity contribution in [1.29, 1.82) is 0 Å². The van der Waals surface area contributed by atoms with Gasteiger partial charge in [0.25, 0.3) is 0 Å². The highest BCUT2D eigenvalue weighted by molar-refractivity contribution is 5.12. The van der Waals surface area contributed by atoms with Gasteiger partial charge in [0.1, 0.15) is 0 Å². The third kappa shape index (κ3) is 1.81. The Hall–Kier alpha value is -0.830. The molecule has 1 aromatic heterocycles. The second kappa shape index (κ2) is 3.34. The van der Waals surface area contributed by atoms with Crippen molar-refractivity contribution in [3.8, 4) is 0 Å². The van der Waals surface area contributed by atoms with E-state index in [1.807, 2.05) is 19.4 Å². The van der Waals surface area contributed by atoms with Crippen LogP contribution in [0.25, 0.3) is 0 Å². The minimum atomic E-state index is -0.546. The van der Waals surface area contributed by atoms with Gasteiger partial charge in [0.2, 0.25) is 0 Å². The zero-order chi connectivity index (χ0) is 11.1. The van der Waals surface area contributed by atoms with Gasteiger partial charge in [-0.1, -0.05) is 13.8 Å². The van der Waals surface area contributed by atoms with E-state index in [4.69, 9.17) is 0 Å². The molecule has 0 aromatic carbocycles. The first-order valence-electron chi connectivity index (χ1n) is 5.63. The number of nitrogens with zero attached hydrogens (tertiary/aromatic N) is 2. The van der Waals surface area contributed by atoms with Crippen LogP contribution in [0.1, 0.15) is 38.7 Å². The molecule has 0 spiro atoms. The smallest absolute Gasteiger partial charge is 0.0739 e. The van der Waals surface area contributed by atoms with Crippen LogP contribution in [0, 0.1) is 5.41 Å². The summed E-state index contributed by atoms with van der Waals surface area (Å²) in [7, 11) is 1.91. The molecular weight excluding hydrogens is 188 g/mol. The first-order valence-corrected chi connectivity index (χ1v) is 5.63. The summed E-state index contributed by atoms with van der Waals surface area (Å²) in [6.07, 6.45) is 7.73. The summed E-state index contributed by atoms with van der Waals surface area (Å²) in [5.41, 5.74) is 0.619. The Morgan fingerprint density at radius 1 is 1.47 bits per heavy atom. The summed E-state index contributed by atoms with van der Waals surface area (Å²) < 4.78 is 1.79. The number of rotatable bonds is 2. The second-order valence-corrected chi connectivity index (χ2v) is 5.47. The van der Waals surface area contributed by atoms with Crippen molar-refractivity contribution < 1.29 is 5.11 Å². The minimum Gasteiger partial charge on any atom is -0.389 e. The second-order valence-electron chi connectivity index (χ2n) is 5.47. The van der Waals surface area contributed by atoms with Gasteiger partial charge in [0.05, 0.1) is 11.8 Å². The van der Waals surface area contributed by atoms with Gasteiger partial charge in [-0.05, 0) is 30.2 Å². The first kappa shape index (κ1) is 10.7. The van der Waals surface area contributed by atoms with Crippen LogP contribution < -0.4 is 0 Å². The molecule has 0 bridgehead atoms. The van der Waals surface area contributed by atoms with Crippen LogP contribution in [0.5, 0.6) is 0 Å². The van der Waals surface area contributed by atoms with Crippen LogP contribution in [0.2, 0.25) is 0 Å². The molecule has 1 aliphatic rings. The molecular formula is C12H20N2O. The van der Waals surface area contributed by atoms with E-state index in [2.05, 4.69) is 18.9 Å². The van der Waals surface area contributed by atoms with Crippen LogP contribution in [-0.2, 0) is 13.5 Å². The summed E-state index contributed by atoms with van der Waals surface area (Å²) in [5, 5.41) is 14.8. The van der Waals surface area contributed by atoms with E-state index < -0.39 is 5.60 Å². The third-order valence-corrected chi connectivity index (χ3v) is 3.91. The quantitative estimate of drug-likeness (QED) is 0.806. The van der Waals surface area contributed by atoms with Gasteiger partial charge < -0.3 is 5.11 Å². The van der Waals surface area contributed by atoms with Crippen molar-refractivity contribution in [3.63, 3.8) is 0 Å². The van der Waals surface area contributed by atoms with Gasteiger partial charge >= 0.3 is 0 Å². The Morgan fingerprint density at radius 2 is 2.20 bits per heavy atom. The van der Waals surface area contributed by atoms with E-state index >= 15 is 0 Å². The number of aromatic nitrogens is 2. The Morgan fingerprint density at radius 3 is 2.67 bits per heavy atom. The maximum atomic E-state index is 10.6. The number of aliphatic hydroxyl groups is 1. The minimum absolute atomic E-state index is 0.0306. The zero-order valence-corrected chi connectivity index (χ0v) is 9.82. The molecule has 0 amide bonds. The van der Waals surface area contributed by atoms with Crippen molar-refractivity contribution in [1.82, 2.24) is 9.78 Å². The Labute approximate surface area is 91.1 Å². The largest absolute Gasteiger partial charge is 0.389 e. The topological polar surface area (TPSA) is 38.0 Å². The summed E-state index contributed by atoms with van der Waals surface area (Å²) in [6.45, 7) is 4.33. The lowest BCUT2D eigenvalue weighted by molar-refractivity contribution is -0.0419. The van der Waals surface area contributed by atoms with Gasteiger partial charge in [-0.15, -0.1) is 0 Å². The maximum absolute atomic E-state index is 10.6. The molecule has 1 atom stereocenters. The number of hydrogen-bond acceptors (Lipinski definition) is 2. The fourth-order valence-corrected chi connectivity index (χ4v) is 2.62. The van der Waals surface area contributed by atoms with Gasteiger partial charge in [-0.2, -0.15) is 5.10 Å². The Kier molecular flexibility index (Phi) is 2.38. The molecule has 0 radical (unpaired) electrons. The lowest BCUT2D eigenvalue weighted by atomic mass is 9.75. The van der Waals surface area contributed by atoms with Crippen molar-refractivity contribution >= 4 is 0 Å². The normalized spacial score (nSPS) is 29.6. The predicted octanol–water partition coefficient (Wildman–Crippen LogP) is 1.90. The Balaban J connectivity index is 2.17. The molecule has 1 aromatic rings. The average Bonchev–Trinajstić information content (AvgIpc) is 2.59. The summed E-state index contributed by atoms with van der Waals surface area (Å²) in [6, 6.07) is 0. The Bertz CT molecular complexity index is 356. The lowest BCUT2D eigenvalue weighted by Gasteiger charge is -2.36. The maximum Gasteiger partial charge on any atom is 0.0739 e. The van der Waals surface area contributed by atoms with Crippen molar-refractivity contribution in [2.75, 3.05) is 0 Å². The van der Waals surface area contributed by atoms with Crippen LogP contribution >= 0.6 is 0 Å². The van der Waals surface area contributed by atoms with Gasteiger partial charge in [0, 0.05) is 19.7 Å². The molecule has 1 saturated carbocycles. The molecule has 1 aliphatic carbocycles. The molecule has 0 aliphatic heterocycles. The molecule has 1 N–H and O–H groups in total. The van der Waals surface area contributed by atoms with E-state index in [9.17, 15) is 5.11 Å². The standard InChI is InChI=1S/C12H20N2O/c1-11(2)5-4-6-12(11,15)7-10-8-13-14(3)9-10/h8-9,15H,4-7H2,1-3H3. The molecule has 15 heavy (non-hydrogen) atoms. The SMILES string of the molecule is Cn1cc(CC2(O)CCCC2(C)C)cn1. The van der Waals surface area contributed by atoms with Gasteiger partial charge in [0.15, 0.2) is 0 Å². The average molecular weight is 208 g/mol. The highest BCUT2D eigenvalue weighted by Gasteiger charge is 2.47. The molecule has 1 heterocycles. The van der Waals surface area contributed by atoms with Crippen molar-refractivity contribution in [3.05, 3.63) is 18.0 Å². The van der Waals surface area contributed by atoms with Crippen LogP contribution in [0.15, 0.2) is 12.4 Å². The number of hydrogen-bond donors (Lipinski definition) is 1. The van der Waals surface area contributed by atoms with E-state index in [0.29, 0.717) is 0 Å². The predicted molar refractivity (Wildman–Crippen MR) is 59.5 cm³/mol. The highest BCUT2D eigenvalue weighted by atomic mass is 16.3. The molecule has 0 saturated heterocycles. The molecule has 2 rings (SSSR count). The molecule has 3 nitrogen and oxygen atoms in total.